The van der Waals surface area contributed by atoms with Crippen molar-refractivity contribution < 1.29 is 41.3 Å². The third kappa shape index (κ3) is 12.7. The fraction of sp³-hybridized carbons (Fsp3) is 0.519. The van der Waals surface area contributed by atoms with Crippen molar-refractivity contribution >= 4 is 40.6 Å². The molecule has 0 saturated heterocycles. The first kappa shape index (κ1) is 34.6. The van der Waals surface area contributed by atoms with E-state index in [0.717, 1.165) is 19.3 Å². The van der Waals surface area contributed by atoms with E-state index in [-0.39, 0.29) is 35.2 Å². The highest BCUT2D eigenvalue weighted by molar-refractivity contribution is 8.00. The van der Waals surface area contributed by atoms with Crippen LogP contribution in [0.25, 0.3) is 16.9 Å². The van der Waals surface area contributed by atoms with Crippen LogP contribution in [0.2, 0.25) is 0 Å². The van der Waals surface area contributed by atoms with Crippen molar-refractivity contribution in [3.63, 3.8) is 0 Å². The van der Waals surface area contributed by atoms with Gasteiger partial charge in [0.15, 0.2) is 11.4 Å². The van der Waals surface area contributed by atoms with Gasteiger partial charge in [-0.3, -0.25) is 4.18 Å². The molecule has 0 spiro atoms. The van der Waals surface area contributed by atoms with Crippen molar-refractivity contribution in [1.82, 2.24) is 19.3 Å². The molecular formula is C27H36F3N5O6S2. The molecule has 0 aliphatic heterocycles. The third-order valence-electron chi connectivity index (χ3n) is 5.59. The predicted octanol–water partition coefficient (Wildman–Crippen LogP) is 5.42. The lowest BCUT2D eigenvalue weighted by Crippen LogP contribution is -2.34. The number of alkyl halides is 3. The van der Waals surface area contributed by atoms with Gasteiger partial charge in [0.1, 0.15) is 11.4 Å². The summed E-state index contributed by atoms with van der Waals surface area (Å²) in [5.41, 5.74) is -3.46. The highest BCUT2D eigenvalue weighted by Crippen LogP contribution is 2.38. The van der Waals surface area contributed by atoms with Crippen LogP contribution in [0.1, 0.15) is 53.9 Å². The molecule has 0 radical (unpaired) electrons. The molecule has 1 fully saturated rings. The molecule has 16 heteroatoms. The maximum atomic E-state index is 12.8. The quantitative estimate of drug-likeness (QED) is 0.185. The van der Waals surface area contributed by atoms with E-state index in [9.17, 15) is 22.2 Å². The predicted molar refractivity (Wildman–Crippen MR) is 157 cm³/mol. The first-order valence-corrected chi connectivity index (χ1v) is 15.2. The summed E-state index contributed by atoms with van der Waals surface area (Å²) in [5, 5.41) is 24.2. The van der Waals surface area contributed by atoms with E-state index in [0.29, 0.717) is 22.7 Å². The molecule has 2 aromatic heterocycles. The zero-order valence-electron chi connectivity index (χ0n) is 24.3. The fourth-order valence-corrected chi connectivity index (χ4v) is 5.27. The Morgan fingerprint density at radius 1 is 1.14 bits per heavy atom. The lowest BCUT2D eigenvalue weighted by atomic mass is 10.1. The van der Waals surface area contributed by atoms with Crippen molar-refractivity contribution in [3.05, 3.63) is 42.6 Å². The standard InChI is InChI=1S/C24H28F3N5O4S2.C3H8O2/c1-23(2,3)36-22(33)31-38(34)35-14-15-7-8-17(11-15)29-20-9-10-28-21-13-19(30-32(20)21)16-5-4-6-18(12-16)37-24(25,26)27;1-3(2,4)5/h4-6,9-10,12-13,15,17,29H,7-8,11,14H2,1-3H3,(H,31,33);4-5H,1-2H3/t15-,17?,38?;/m1./s1. The number of nitrogens with one attached hydrogen (secondary N) is 2. The molecule has 2 heterocycles. The summed E-state index contributed by atoms with van der Waals surface area (Å²) in [5.74, 6) is -0.667. The molecule has 1 amide bonds. The largest absolute Gasteiger partial charge is 0.446 e. The van der Waals surface area contributed by atoms with Crippen molar-refractivity contribution in [2.45, 2.75) is 81.7 Å². The van der Waals surface area contributed by atoms with Gasteiger partial charge in [0.2, 0.25) is 0 Å². The normalized spacial score (nSPS) is 18.1. The number of halogens is 3. The molecule has 3 atom stereocenters. The lowest BCUT2D eigenvalue weighted by Gasteiger charge is -2.19. The van der Waals surface area contributed by atoms with Crippen molar-refractivity contribution in [1.29, 1.82) is 0 Å². The Kier molecular flexibility index (Phi) is 11.4. The zero-order chi connectivity index (χ0) is 32.0. The minimum Gasteiger partial charge on any atom is -0.443 e. The number of carbonyl (C=O) groups excluding carboxylic acids is 1. The number of fused-ring (bicyclic) bond motifs is 1. The average molecular weight is 648 g/mol. The molecule has 238 valence electrons. The van der Waals surface area contributed by atoms with E-state index in [1.54, 1.807) is 55.7 Å². The second kappa shape index (κ2) is 14.2. The molecule has 1 aromatic carbocycles. The van der Waals surface area contributed by atoms with E-state index >= 15 is 0 Å². The molecule has 11 nitrogen and oxygen atoms in total. The van der Waals surface area contributed by atoms with Crippen molar-refractivity contribution in [2.24, 2.45) is 5.92 Å². The lowest BCUT2D eigenvalue weighted by molar-refractivity contribution is -0.127. The summed E-state index contributed by atoms with van der Waals surface area (Å²) >= 11 is -2.17. The van der Waals surface area contributed by atoms with Gasteiger partial charge >= 0.3 is 11.6 Å². The van der Waals surface area contributed by atoms with Gasteiger partial charge in [0.25, 0.3) is 11.3 Å². The molecule has 4 rings (SSSR count). The maximum absolute atomic E-state index is 12.8. The summed E-state index contributed by atoms with van der Waals surface area (Å²) in [6.45, 7) is 7.93. The number of benzene rings is 1. The number of carbonyl (C=O) groups is 1. The molecule has 1 aliphatic carbocycles. The van der Waals surface area contributed by atoms with Gasteiger partial charge in [-0.15, -0.1) is 0 Å². The fourth-order valence-electron chi connectivity index (χ4n) is 4.12. The molecule has 3 aromatic rings. The summed E-state index contributed by atoms with van der Waals surface area (Å²) in [6.07, 6.45) is 3.25. The SMILES string of the molecule is CC(C)(C)OC(=O)NS(=O)OC[C@@H]1CCC(Nc2ccnc3cc(-c4cccc(SC(F)(F)F)c4)nn23)C1.CC(C)(O)O. The Bertz CT molecular complexity index is 1400. The third-order valence-corrected chi connectivity index (χ3v) is 7.00. The highest BCUT2D eigenvalue weighted by Gasteiger charge is 2.29. The Labute approximate surface area is 254 Å². The van der Waals surface area contributed by atoms with Crippen molar-refractivity contribution in [2.75, 3.05) is 11.9 Å². The van der Waals surface area contributed by atoms with Crippen LogP contribution in [0.3, 0.4) is 0 Å². The van der Waals surface area contributed by atoms with Crippen LogP contribution in [-0.2, 0) is 20.2 Å². The first-order valence-electron chi connectivity index (χ1n) is 13.3. The smallest absolute Gasteiger partial charge is 0.443 e. The van der Waals surface area contributed by atoms with Crippen LogP contribution in [0.4, 0.5) is 23.8 Å². The molecule has 1 aliphatic rings. The van der Waals surface area contributed by atoms with Crippen LogP contribution >= 0.6 is 11.8 Å². The number of anilines is 1. The van der Waals surface area contributed by atoms with Gasteiger partial charge in [-0.1, -0.05) is 12.1 Å². The molecule has 1 saturated carbocycles. The number of rotatable bonds is 8. The maximum Gasteiger partial charge on any atom is 0.446 e. The first-order chi connectivity index (χ1) is 19.8. The number of ether oxygens (including phenoxy) is 1. The van der Waals surface area contributed by atoms with E-state index in [1.807, 2.05) is 0 Å². The van der Waals surface area contributed by atoms with Crippen LogP contribution in [0, 0.1) is 5.92 Å². The van der Waals surface area contributed by atoms with E-state index in [2.05, 4.69) is 20.1 Å². The number of hydrogen-bond donors (Lipinski definition) is 4. The van der Waals surface area contributed by atoms with Gasteiger partial charge in [-0.2, -0.15) is 22.8 Å². The Balaban J connectivity index is 0.000000934. The molecule has 2 unspecified atom stereocenters. The minimum atomic E-state index is -4.37. The molecule has 0 bridgehead atoms. The molecular weight excluding hydrogens is 611 g/mol. The summed E-state index contributed by atoms with van der Waals surface area (Å²) in [4.78, 5) is 16.1. The Hall–Kier alpha value is -2.92. The molecule has 4 N–H and O–H groups in total. The number of aromatic nitrogens is 3. The van der Waals surface area contributed by atoms with E-state index < -0.39 is 34.3 Å². The van der Waals surface area contributed by atoms with Crippen LogP contribution in [0.15, 0.2) is 47.5 Å². The Morgan fingerprint density at radius 3 is 2.49 bits per heavy atom. The summed E-state index contributed by atoms with van der Waals surface area (Å²) < 4.78 is 64.5. The van der Waals surface area contributed by atoms with Gasteiger partial charge in [0.05, 0.1) is 12.3 Å². The number of nitrogens with zero attached hydrogens (tertiary/aromatic N) is 3. The van der Waals surface area contributed by atoms with Gasteiger partial charge in [-0.25, -0.2) is 18.7 Å². The van der Waals surface area contributed by atoms with Gasteiger partial charge in [-0.05, 0) is 89.8 Å². The Morgan fingerprint density at radius 2 is 1.84 bits per heavy atom. The number of thioether (sulfide) groups is 1. The van der Waals surface area contributed by atoms with Gasteiger partial charge in [0, 0.05) is 28.8 Å². The number of hydrogen-bond acceptors (Lipinski definition) is 10. The zero-order valence-corrected chi connectivity index (χ0v) is 26.0. The number of aliphatic hydroxyl groups is 2. The molecule has 43 heavy (non-hydrogen) atoms. The van der Waals surface area contributed by atoms with E-state index in [4.69, 9.17) is 19.1 Å². The van der Waals surface area contributed by atoms with Crippen LogP contribution in [0.5, 0.6) is 0 Å². The average Bonchev–Trinajstić information content (AvgIpc) is 3.47. The van der Waals surface area contributed by atoms with Crippen LogP contribution in [-0.4, -0.2) is 64.7 Å². The van der Waals surface area contributed by atoms with Crippen LogP contribution < -0.4 is 10.0 Å². The monoisotopic (exact) mass is 647 g/mol. The topological polar surface area (TPSA) is 147 Å². The highest BCUT2D eigenvalue weighted by atomic mass is 32.2. The van der Waals surface area contributed by atoms with Gasteiger partial charge < -0.3 is 20.3 Å². The summed E-state index contributed by atoms with van der Waals surface area (Å²) in [7, 11) is 0. The second-order valence-electron chi connectivity index (χ2n) is 11.3. The van der Waals surface area contributed by atoms with E-state index in [1.165, 1.54) is 26.0 Å². The summed E-state index contributed by atoms with van der Waals surface area (Å²) in [6, 6.07) is 9.74. The van der Waals surface area contributed by atoms with Crippen molar-refractivity contribution in [3.8, 4) is 11.3 Å². The second-order valence-corrected chi connectivity index (χ2v) is 13.4. The minimum absolute atomic E-state index is 0.0832. The number of amides is 1.